The van der Waals surface area contributed by atoms with Gasteiger partial charge in [-0.1, -0.05) is 48.0 Å². The molecule has 0 N–H and O–H groups in total. The summed E-state index contributed by atoms with van der Waals surface area (Å²) in [5.41, 5.74) is 3.90. The normalized spacial score (nSPS) is 10.7. The number of hydrogen-bond donors (Lipinski definition) is 0. The van der Waals surface area contributed by atoms with E-state index in [0.29, 0.717) is 17.1 Å². The Kier molecular flexibility index (Phi) is 4.35. The molecule has 0 fully saturated rings. The Labute approximate surface area is 140 Å². The van der Waals surface area contributed by atoms with Crippen molar-refractivity contribution >= 4 is 11.6 Å². The predicted octanol–water partition coefficient (Wildman–Crippen LogP) is 5.17. The largest absolute Gasteiger partial charge is 0.466 e. The van der Waals surface area contributed by atoms with Crippen molar-refractivity contribution in [1.29, 1.82) is 0 Å². The summed E-state index contributed by atoms with van der Waals surface area (Å²) < 4.78 is 5.57. The zero-order valence-corrected chi connectivity index (χ0v) is 13.9. The molecule has 1 aromatic heterocycles. The molecule has 3 rings (SSSR count). The van der Waals surface area contributed by atoms with Crippen LogP contribution in [-0.2, 0) is 6.42 Å². The molecule has 23 heavy (non-hydrogen) atoms. The summed E-state index contributed by atoms with van der Waals surface area (Å²) in [5, 5.41) is 0.741. The summed E-state index contributed by atoms with van der Waals surface area (Å²) >= 11 is 5.91. The van der Waals surface area contributed by atoms with Gasteiger partial charge in [-0.15, -0.1) is 0 Å². The van der Waals surface area contributed by atoms with Gasteiger partial charge in [0, 0.05) is 11.1 Å². The standard InChI is InChI=1S/C20H17ClO2/c1-13-11-19(22)20(14(2)23-13)17-7-3-15(4-8-17)12-16-5-9-18(21)10-6-16/h3-11H,12H2,1-2H3. The SMILES string of the molecule is Cc1cc(=O)c(-c2ccc(Cc3ccc(Cl)cc3)cc2)c(C)o1. The number of aryl methyl sites for hydroxylation is 2. The molecule has 2 aromatic carbocycles. The van der Waals surface area contributed by atoms with Crippen LogP contribution in [0.25, 0.3) is 11.1 Å². The molecule has 0 radical (unpaired) electrons. The molecule has 3 heteroatoms. The Bertz CT molecular complexity index is 875. The van der Waals surface area contributed by atoms with Gasteiger partial charge in [-0.25, -0.2) is 0 Å². The monoisotopic (exact) mass is 324 g/mol. The van der Waals surface area contributed by atoms with Gasteiger partial charge in [-0.2, -0.15) is 0 Å². The first-order chi connectivity index (χ1) is 11.0. The minimum absolute atomic E-state index is 0.00305. The predicted molar refractivity (Wildman–Crippen MR) is 94.1 cm³/mol. The number of hydrogen-bond acceptors (Lipinski definition) is 2. The third-order valence-corrected chi connectivity index (χ3v) is 4.06. The molecule has 0 aliphatic rings. The first kappa shape index (κ1) is 15.6. The molecule has 0 aliphatic heterocycles. The Morgan fingerprint density at radius 3 is 2.04 bits per heavy atom. The van der Waals surface area contributed by atoms with Crippen LogP contribution in [0.3, 0.4) is 0 Å². The molecule has 0 spiro atoms. The summed E-state index contributed by atoms with van der Waals surface area (Å²) in [6.07, 6.45) is 0.832. The van der Waals surface area contributed by atoms with Crippen molar-refractivity contribution in [3.8, 4) is 11.1 Å². The van der Waals surface area contributed by atoms with E-state index in [-0.39, 0.29) is 5.43 Å². The fraction of sp³-hybridized carbons (Fsp3) is 0.150. The average Bonchev–Trinajstić information content (AvgIpc) is 2.50. The molecule has 0 saturated heterocycles. The second-order valence-corrected chi connectivity index (χ2v) is 6.09. The van der Waals surface area contributed by atoms with E-state index in [0.717, 1.165) is 17.0 Å². The fourth-order valence-corrected chi connectivity index (χ4v) is 2.85. The Hall–Kier alpha value is -2.32. The van der Waals surface area contributed by atoms with Crippen LogP contribution in [0.15, 0.2) is 63.8 Å². The van der Waals surface area contributed by atoms with Gasteiger partial charge in [0.1, 0.15) is 11.5 Å². The van der Waals surface area contributed by atoms with Crippen molar-refractivity contribution in [2.75, 3.05) is 0 Å². The van der Waals surface area contributed by atoms with Crippen molar-refractivity contribution in [2.45, 2.75) is 20.3 Å². The lowest BCUT2D eigenvalue weighted by molar-refractivity contribution is 0.486. The van der Waals surface area contributed by atoms with Gasteiger partial charge < -0.3 is 4.42 Å². The van der Waals surface area contributed by atoms with E-state index in [1.165, 1.54) is 17.2 Å². The first-order valence-electron chi connectivity index (χ1n) is 7.48. The summed E-state index contributed by atoms with van der Waals surface area (Å²) in [6.45, 7) is 3.61. The lowest BCUT2D eigenvalue weighted by Crippen LogP contribution is -2.06. The molecular weight excluding hydrogens is 308 g/mol. The third kappa shape index (κ3) is 3.54. The van der Waals surface area contributed by atoms with Crippen LogP contribution in [0.2, 0.25) is 5.02 Å². The van der Waals surface area contributed by atoms with E-state index in [1.54, 1.807) is 6.92 Å². The maximum absolute atomic E-state index is 12.2. The topological polar surface area (TPSA) is 30.2 Å². The van der Waals surface area contributed by atoms with Crippen molar-refractivity contribution in [3.05, 3.63) is 92.5 Å². The van der Waals surface area contributed by atoms with Crippen LogP contribution in [0.5, 0.6) is 0 Å². The molecule has 1 heterocycles. The van der Waals surface area contributed by atoms with E-state index in [2.05, 4.69) is 0 Å². The lowest BCUT2D eigenvalue weighted by atomic mass is 10.00. The second-order valence-electron chi connectivity index (χ2n) is 5.65. The van der Waals surface area contributed by atoms with Gasteiger partial charge in [-0.05, 0) is 49.1 Å². The highest BCUT2D eigenvalue weighted by molar-refractivity contribution is 6.30. The van der Waals surface area contributed by atoms with Gasteiger partial charge in [-0.3, -0.25) is 4.79 Å². The first-order valence-corrected chi connectivity index (χ1v) is 7.86. The lowest BCUT2D eigenvalue weighted by Gasteiger charge is -2.07. The van der Waals surface area contributed by atoms with E-state index < -0.39 is 0 Å². The molecule has 0 saturated carbocycles. The van der Waals surface area contributed by atoms with Gasteiger partial charge in [0.25, 0.3) is 0 Å². The number of halogens is 1. The van der Waals surface area contributed by atoms with Crippen LogP contribution < -0.4 is 5.43 Å². The van der Waals surface area contributed by atoms with E-state index in [4.69, 9.17) is 16.0 Å². The highest BCUT2D eigenvalue weighted by Gasteiger charge is 2.09. The smallest absolute Gasteiger partial charge is 0.193 e. The summed E-state index contributed by atoms with van der Waals surface area (Å²) in [4.78, 5) is 12.2. The molecule has 0 amide bonds. The van der Waals surface area contributed by atoms with Crippen molar-refractivity contribution in [3.63, 3.8) is 0 Å². The number of benzene rings is 2. The molecular formula is C20H17ClO2. The van der Waals surface area contributed by atoms with Crippen LogP contribution in [0, 0.1) is 13.8 Å². The highest BCUT2D eigenvalue weighted by atomic mass is 35.5. The van der Waals surface area contributed by atoms with E-state index in [9.17, 15) is 4.79 Å². The van der Waals surface area contributed by atoms with Crippen LogP contribution in [-0.4, -0.2) is 0 Å². The number of rotatable bonds is 3. The highest BCUT2D eigenvalue weighted by Crippen LogP contribution is 2.22. The van der Waals surface area contributed by atoms with Crippen molar-refractivity contribution in [1.82, 2.24) is 0 Å². The Morgan fingerprint density at radius 2 is 1.48 bits per heavy atom. The minimum atomic E-state index is -0.00305. The summed E-state index contributed by atoms with van der Waals surface area (Å²) in [5.74, 6) is 1.29. The van der Waals surface area contributed by atoms with Gasteiger partial charge in [0.15, 0.2) is 5.43 Å². The fourth-order valence-electron chi connectivity index (χ4n) is 2.72. The maximum atomic E-state index is 12.2. The third-order valence-electron chi connectivity index (χ3n) is 3.81. The Morgan fingerprint density at radius 1 is 0.913 bits per heavy atom. The molecule has 0 bridgehead atoms. The molecule has 0 atom stereocenters. The quantitative estimate of drug-likeness (QED) is 0.665. The summed E-state index contributed by atoms with van der Waals surface area (Å²) in [7, 11) is 0. The van der Waals surface area contributed by atoms with Crippen LogP contribution in [0.1, 0.15) is 22.6 Å². The van der Waals surface area contributed by atoms with Crippen LogP contribution in [0.4, 0.5) is 0 Å². The van der Waals surface area contributed by atoms with E-state index in [1.807, 2.05) is 55.5 Å². The zero-order chi connectivity index (χ0) is 16.4. The Balaban J connectivity index is 1.88. The maximum Gasteiger partial charge on any atom is 0.193 e. The minimum Gasteiger partial charge on any atom is -0.466 e. The molecule has 3 aromatic rings. The van der Waals surface area contributed by atoms with Gasteiger partial charge in [0.2, 0.25) is 0 Å². The average molecular weight is 325 g/mol. The molecule has 116 valence electrons. The second kappa shape index (κ2) is 6.43. The zero-order valence-electron chi connectivity index (χ0n) is 13.1. The van der Waals surface area contributed by atoms with Crippen molar-refractivity contribution < 1.29 is 4.42 Å². The molecule has 2 nitrogen and oxygen atoms in total. The van der Waals surface area contributed by atoms with Gasteiger partial charge in [0.05, 0.1) is 5.56 Å². The molecule has 0 unspecified atom stereocenters. The van der Waals surface area contributed by atoms with Gasteiger partial charge >= 0.3 is 0 Å². The van der Waals surface area contributed by atoms with E-state index >= 15 is 0 Å². The van der Waals surface area contributed by atoms with Crippen LogP contribution >= 0.6 is 11.6 Å². The summed E-state index contributed by atoms with van der Waals surface area (Å²) in [6, 6.07) is 17.4. The molecule has 0 aliphatic carbocycles. The van der Waals surface area contributed by atoms with Crippen molar-refractivity contribution in [2.24, 2.45) is 0 Å².